The predicted octanol–water partition coefficient (Wildman–Crippen LogP) is 2.75. The van der Waals surface area contributed by atoms with Crippen molar-refractivity contribution in [1.29, 1.82) is 0 Å². The van der Waals surface area contributed by atoms with Gasteiger partial charge in [-0.1, -0.05) is 0 Å². The van der Waals surface area contributed by atoms with Gasteiger partial charge in [0.25, 0.3) is 11.6 Å². The van der Waals surface area contributed by atoms with E-state index in [2.05, 4.69) is 20.1 Å². The summed E-state index contributed by atoms with van der Waals surface area (Å²) in [4.78, 5) is 32.6. The molecule has 0 bridgehead atoms. The molecule has 2 saturated heterocycles. The van der Waals surface area contributed by atoms with Crippen molar-refractivity contribution in [3.05, 3.63) is 57.8 Å². The van der Waals surface area contributed by atoms with Crippen molar-refractivity contribution in [1.82, 2.24) is 10.3 Å². The van der Waals surface area contributed by atoms with Crippen molar-refractivity contribution < 1.29 is 14.5 Å². The number of nitro benzene ring substituents is 1. The van der Waals surface area contributed by atoms with Crippen molar-refractivity contribution in [2.45, 2.75) is 25.8 Å². The van der Waals surface area contributed by atoms with Crippen LogP contribution in [0.5, 0.6) is 0 Å². The molecule has 4 rings (SSSR count). The quantitative estimate of drug-likeness (QED) is 0.561. The topological polar surface area (TPSA) is 101 Å². The average Bonchev–Trinajstić information content (AvgIpc) is 2.83. The molecule has 2 aliphatic heterocycles. The second kappa shape index (κ2) is 9.74. The molecule has 1 N–H and O–H groups in total. The Morgan fingerprint density at radius 1 is 1.06 bits per heavy atom. The number of nitrogens with one attached hydrogen (secondary N) is 1. The first-order valence-corrected chi connectivity index (χ1v) is 10.7. The standard InChI is InChI=1S/C22H27N5O4/c28-22(24-16-17-6-7-23-21(14-17)26-10-12-31-13-11-26)19-15-18(27(29)30)4-5-20(19)25-8-2-1-3-9-25/h4-7,14-15H,1-3,8-13,16H2,(H,24,28). The van der Waals surface area contributed by atoms with Crippen LogP contribution in [0.3, 0.4) is 0 Å². The average molecular weight is 425 g/mol. The summed E-state index contributed by atoms with van der Waals surface area (Å²) < 4.78 is 5.39. The van der Waals surface area contributed by atoms with Crippen molar-refractivity contribution in [2.24, 2.45) is 0 Å². The first-order valence-electron chi connectivity index (χ1n) is 10.7. The van der Waals surface area contributed by atoms with E-state index in [4.69, 9.17) is 4.74 Å². The van der Waals surface area contributed by atoms with Gasteiger partial charge in [-0.2, -0.15) is 0 Å². The number of nitrogens with zero attached hydrogens (tertiary/aromatic N) is 4. The van der Waals surface area contributed by atoms with Crippen LogP contribution in [0.1, 0.15) is 35.2 Å². The predicted molar refractivity (Wildman–Crippen MR) is 118 cm³/mol. The fraction of sp³-hybridized carbons (Fsp3) is 0.455. The van der Waals surface area contributed by atoms with Crippen LogP contribution in [-0.4, -0.2) is 55.2 Å². The molecule has 1 aromatic carbocycles. The van der Waals surface area contributed by atoms with Gasteiger partial charge in [-0.15, -0.1) is 0 Å². The van der Waals surface area contributed by atoms with Gasteiger partial charge >= 0.3 is 0 Å². The van der Waals surface area contributed by atoms with E-state index in [0.717, 1.165) is 56.1 Å². The van der Waals surface area contributed by atoms with Crippen LogP contribution >= 0.6 is 0 Å². The number of benzene rings is 1. The minimum atomic E-state index is -0.464. The van der Waals surface area contributed by atoms with E-state index in [0.29, 0.717) is 25.3 Å². The molecule has 2 fully saturated rings. The molecule has 1 aromatic heterocycles. The Morgan fingerprint density at radius 3 is 2.58 bits per heavy atom. The number of non-ortho nitro benzene ring substituents is 1. The Morgan fingerprint density at radius 2 is 1.84 bits per heavy atom. The van der Waals surface area contributed by atoms with E-state index in [1.165, 1.54) is 18.6 Å². The van der Waals surface area contributed by atoms with Gasteiger partial charge in [0.2, 0.25) is 0 Å². The van der Waals surface area contributed by atoms with Crippen LogP contribution in [0.4, 0.5) is 17.2 Å². The number of piperidine rings is 1. The third-order valence-corrected chi connectivity index (χ3v) is 5.73. The van der Waals surface area contributed by atoms with Gasteiger partial charge in [0.1, 0.15) is 5.82 Å². The van der Waals surface area contributed by atoms with E-state index in [-0.39, 0.29) is 11.6 Å². The zero-order valence-corrected chi connectivity index (χ0v) is 17.5. The second-order valence-electron chi connectivity index (χ2n) is 7.81. The van der Waals surface area contributed by atoms with Crippen LogP contribution in [0.15, 0.2) is 36.5 Å². The number of ether oxygens (including phenoxy) is 1. The molecule has 3 heterocycles. The Hall–Kier alpha value is -3.20. The number of carbonyl (C=O) groups excluding carboxylic acids is 1. The van der Waals surface area contributed by atoms with E-state index in [1.807, 2.05) is 12.1 Å². The fourth-order valence-electron chi connectivity index (χ4n) is 4.04. The van der Waals surface area contributed by atoms with Gasteiger partial charge in [-0.3, -0.25) is 14.9 Å². The third kappa shape index (κ3) is 5.11. The lowest BCUT2D eigenvalue weighted by Gasteiger charge is -2.30. The summed E-state index contributed by atoms with van der Waals surface area (Å²) in [6, 6.07) is 8.37. The summed E-state index contributed by atoms with van der Waals surface area (Å²) >= 11 is 0. The van der Waals surface area contributed by atoms with Crippen LogP contribution < -0.4 is 15.1 Å². The molecule has 164 valence electrons. The van der Waals surface area contributed by atoms with E-state index >= 15 is 0 Å². The molecule has 0 spiro atoms. The first kappa shape index (κ1) is 21.0. The van der Waals surface area contributed by atoms with Crippen LogP contribution in [0.2, 0.25) is 0 Å². The number of rotatable bonds is 6. The maximum Gasteiger partial charge on any atom is 0.270 e. The highest BCUT2D eigenvalue weighted by Crippen LogP contribution is 2.28. The largest absolute Gasteiger partial charge is 0.378 e. The molecule has 2 aliphatic rings. The normalized spacial score (nSPS) is 16.8. The lowest BCUT2D eigenvalue weighted by molar-refractivity contribution is -0.384. The van der Waals surface area contributed by atoms with Crippen LogP contribution in [0, 0.1) is 10.1 Å². The zero-order valence-electron chi connectivity index (χ0n) is 17.5. The van der Waals surface area contributed by atoms with Gasteiger partial charge in [0.15, 0.2) is 0 Å². The number of pyridine rings is 1. The van der Waals surface area contributed by atoms with Gasteiger partial charge in [-0.05, 0) is 43.0 Å². The van der Waals surface area contributed by atoms with E-state index < -0.39 is 4.92 Å². The monoisotopic (exact) mass is 425 g/mol. The number of nitro groups is 1. The molecule has 9 heteroatoms. The van der Waals surface area contributed by atoms with Crippen molar-refractivity contribution in [3.8, 4) is 0 Å². The summed E-state index contributed by atoms with van der Waals surface area (Å²) in [5.74, 6) is 0.549. The van der Waals surface area contributed by atoms with Gasteiger partial charge < -0.3 is 19.9 Å². The molecule has 31 heavy (non-hydrogen) atoms. The smallest absolute Gasteiger partial charge is 0.270 e. The summed E-state index contributed by atoms with van der Waals surface area (Å²) in [7, 11) is 0. The maximum absolute atomic E-state index is 13.0. The molecule has 0 aliphatic carbocycles. The van der Waals surface area contributed by atoms with Gasteiger partial charge in [0.05, 0.1) is 29.4 Å². The van der Waals surface area contributed by atoms with Crippen LogP contribution in [0.25, 0.3) is 0 Å². The number of anilines is 2. The third-order valence-electron chi connectivity index (χ3n) is 5.73. The molecular weight excluding hydrogens is 398 g/mol. The summed E-state index contributed by atoms with van der Waals surface area (Å²) in [5, 5.41) is 14.2. The fourth-order valence-corrected chi connectivity index (χ4v) is 4.04. The molecule has 0 unspecified atom stereocenters. The van der Waals surface area contributed by atoms with Crippen molar-refractivity contribution in [3.63, 3.8) is 0 Å². The van der Waals surface area contributed by atoms with Gasteiger partial charge in [-0.25, -0.2) is 4.98 Å². The lowest BCUT2D eigenvalue weighted by atomic mass is 10.1. The summed E-state index contributed by atoms with van der Waals surface area (Å²) in [6.07, 6.45) is 5.01. The van der Waals surface area contributed by atoms with Crippen molar-refractivity contribution in [2.75, 3.05) is 49.2 Å². The summed E-state index contributed by atoms with van der Waals surface area (Å²) in [5.41, 5.74) is 1.95. The molecule has 1 amide bonds. The van der Waals surface area contributed by atoms with Gasteiger partial charge in [0, 0.05) is 51.1 Å². The highest BCUT2D eigenvalue weighted by Gasteiger charge is 2.22. The zero-order chi connectivity index (χ0) is 21.6. The maximum atomic E-state index is 13.0. The Kier molecular flexibility index (Phi) is 6.61. The van der Waals surface area contributed by atoms with Crippen LogP contribution in [-0.2, 0) is 11.3 Å². The number of carbonyl (C=O) groups is 1. The highest BCUT2D eigenvalue weighted by atomic mass is 16.6. The number of amides is 1. The molecule has 0 atom stereocenters. The molecule has 0 radical (unpaired) electrons. The Bertz CT molecular complexity index is 939. The minimum Gasteiger partial charge on any atom is -0.378 e. The molecule has 9 nitrogen and oxygen atoms in total. The van der Waals surface area contributed by atoms with E-state index in [1.54, 1.807) is 12.3 Å². The Balaban J connectivity index is 1.50. The lowest BCUT2D eigenvalue weighted by Crippen LogP contribution is -2.36. The molecular formula is C22H27N5O4. The second-order valence-corrected chi connectivity index (χ2v) is 7.81. The highest BCUT2D eigenvalue weighted by molar-refractivity contribution is 6.00. The SMILES string of the molecule is O=C(NCc1ccnc(N2CCOCC2)c1)c1cc([N+](=O)[O-])ccc1N1CCCCC1. The minimum absolute atomic E-state index is 0.0792. The Labute approximate surface area is 181 Å². The summed E-state index contributed by atoms with van der Waals surface area (Å²) in [6.45, 7) is 4.95. The van der Waals surface area contributed by atoms with E-state index in [9.17, 15) is 14.9 Å². The number of aromatic nitrogens is 1. The number of hydrogen-bond donors (Lipinski definition) is 1. The molecule has 2 aromatic rings. The first-order chi connectivity index (χ1) is 15.1. The number of hydrogen-bond acceptors (Lipinski definition) is 7. The molecule has 0 saturated carbocycles. The number of morpholine rings is 1. The van der Waals surface area contributed by atoms with Crippen molar-refractivity contribution >= 4 is 23.1 Å².